The van der Waals surface area contributed by atoms with Crippen molar-refractivity contribution in [3.05, 3.63) is 61.1 Å². The van der Waals surface area contributed by atoms with E-state index in [1.807, 2.05) is 13.0 Å². The van der Waals surface area contributed by atoms with Crippen LogP contribution in [-0.4, -0.2) is 25.2 Å². The van der Waals surface area contributed by atoms with Crippen molar-refractivity contribution < 1.29 is 9.90 Å². The van der Waals surface area contributed by atoms with Gasteiger partial charge in [0, 0.05) is 23.2 Å². The average molecular weight is 355 g/mol. The molecular weight excluding hydrogens is 342 g/mol. The molecule has 0 aliphatic rings. The Morgan fingerprint density at radius 3 is 2.68 bits per heavy atom. The zero-order chi connectivity index (χ0) is 17.9. The average Bonchev–Trinajstić information content (AvgIpc) is 3.11. The molecule has 4 aromatic rings. The number of fused-ring (bicyclic) bond motifs is 2. The first-order valence-electron chi connectivity index (χ1n) is 7.44. The van der Waals surface area contributed by atoms with E-state index in [1.165, 1.54) is 15.9 Å². The van der Waals surface area contributed by atoms with Gasteiger partial charge in [0.25, 0.3) is 5.56 Å². The van der Waals surface area contributed by atoms with E-state index in [9.17, 15) is 19.5 Å². The summed E-state index contributed by atoms with van der Waals surface area (Å²) in [7, 11) is 1.60. The Morgan fingerprint density at radius 1 is 1.20 bits per heavy atom. The number of H-pyrrole nitrogens is 1. The van der Waals surface area contributed by atoms with E-state index < -0.39 is 17.2 Å². The minimum atomic E-state index is -1.21. The van der Waals surface area contributed by atoms with Crippen molar-refractivity contribution in [3.63, 3.8) is 0 Å². The molecule has 0 bridgehead atoms. The predicted octanol–water partition coefficient (Wildman–Crippen LogP) is 2.24. The fourth-order valence-corrected chi connectivity index (χ4v) is 3.91. The van der Waals surface area contributed by atoms with Crippen molar-refractivity contribution in [2.24, 2.45) is 7.05 Å². The van der Waals surface area contributed by atoms with Gasteiger partial charge in [-0.2, -0.15) is 0 Å². The van der Waals surface area contributed by atoms with Crippen LogP contribution in [0.5, 0.6) is 0 Å². The molecular formula is C17H13N3O4S. The molecule has 0 saturated heterocycles. The van der Waals surface area contributed by atoms with Crippen molar-refractivity contribution in [2.45, 2.75) is 6.92 Å². The van der Waals surface area contributed by atoms with Gasteiger partial charge in [0.05, 0.1) is 22.1 Å². The van der Waals surface area contributed by atoms with E-state index >= 15 is 0 Å². The number of aromatic amines is 1. The summed E-state index contributed by atoms with van der Waals surface area (Å²) in [6.45, 7) is 1.87. The van der Waals surface area contributed by atoms with Crippen molar-refractivity contribution in [1.82, 2.24) is 14.1 Å². The van der Waals surface area contributed by atoms with Crippen LogP contribution in [-0.2, 0) is 7.05 Å². The van der Waals surface area contributed by atoms with Gasteiger partial charge < -0.3 is 14.7 Å². The van der Waals surface area contributed by atoms with Crippen LogP contribution in [0.15, 0.2) is 38.5 Å². The third-order valence-electron chi connectivity index (χ3n) is 4.29. The maximum Gasteiger partial charge on any atom is 0.354 e. The van der Waals surface area contributed by atoms with Crippen LogP contribution in [0, 0.1) is 6.92 Å². The van der Waals surface area contributed by atoms with E-state index in [2.05, 4.69) is 4.98 Å². The molecule has 8 heteroatoms. The SMILES string of the molecule is Cc1ccc2c(c1)c(-n1c(=O)[nH]c3cscc3c1=O)c(C(=O)O)n2C. The van der Waals surface area contributed by atoms with Crippen LogP contribution in [0.4, 0.5) is 0 Å². The lowest BCUT2D eigenvalue weighted by Crippen LogP contribution is -2.34. The van der Waals surface area contributed by atoms with E-state index in [0.717, 1.165) is 10.1 Å². The molecule has 0 amide bonds. The van der Waals surface area contributed by atoms with E-state index in [1.54, 1.807) is 29.9 Å². The Kier molecular flexibility index (Phi) is 3.19. The van der Waals surface area contributed by atoms with Crippen molar-refractivity contribution in [3.8, 4) is 5.69 Å². The molecule has 0 aliphatic carbocycles. The molecule has 0 atom stereocenters. The molecule has 2 N–H and O–H groups in total. The number of aromatic carboxylic acids is 1. The number of nitrogens with zero attached hydrogens (tertiary/aromatic N) is 2. The first kappa shape index (κ1) is 15.4. The highest BCUT2D eigenvalue weighted by molar-refractivity contribution is 7.09. The third kappa shape index (κ3) is 2.07. The summed E-state index contributed by atoms with van der Waals surface area (Å²) in [5.74, 6) is -1.21. The summed E-state index contributed by atoms with van der Waals surface area (Å²) < 4.78 is 2.40. The van der Waals surface area contributed by atoms with Gasteiger partial charge in [-0.15, -0.1) is 11.3 Å². The number of rotatable bonds is 2. The van der Waals surface area contributed by atoms with Crippen LogP contribution < -0.4 is 11.2 Å². The van der Waals surface area contributed by atoms with Gasteiger partial charge in [-0.05, 0) is 19.1 Å². The molecule has 126 valence electrons. The molecule has 0 radical (unpaired) electrons. The van der Waals surface area contributed by atoms with Crippen LogP contribution in [0.3, 0.4) is 0 Å². The van der Waals surface area contributed by atoms with Crippen LogP contribution in [0.1, 0.15) is 16.1 Å². The number of aromatic nitrogens is 3. The van der Waals surface area contributed by atoms with E-state index in [-0.39, 0.29) is 11.4 Å². The first-order chi connectivity index (χ1) is 11.9. The van der Waals surface area contributed by atoms with Gasteiger partial charge >= 0.3 is 11.7 Å². The number of hydrogen-bond donors (Lipinski definition) is 2. The topological polar surface area (TPSA) is 97.1 Å². The van der Waals surface area contributed by atoms with Crippen molar-refractivity contribution in [2.75, 3.05) is 0 Å². The summed E-state index contributed by atoms with van der Waals surface area (Å²) in [4.78, 5) is 40.0. The summed E-state index contributed by atoms with van der Waals surface area (Å²) in [5.41, 5.74) is 0.774. The van der Waals surface area contributed by atoms with Gasteiger partial charge in [0.2, 0.25) is 0 Å². The van der Waals surface area contributed by atoms with Gasteiger partial charge in [-0.25, -0.2) is 14.2 Å². The molecule has 0 saturated carbocycles. The molecule has 3 heterocycles. The number of carboxylic acid groups (broad SMARTS) is 1. The summed E-state index contributed by atoms with van der Waals surface area (Å²) >= 11 is 1.30. The quantitative estimate of drug-likeness (QED) is 0.576. The summed E-state index contributed by atoms with van der Waals surface area (Å²) in [6, 6.07) is 5.41. The smallest absolute Gasteiger partial charge is 0.354 e. The highest BCUT2D eigenvalue weighted by atomic mass is 32.1. The van der Waals surface area contributed by atoms with Gasteiger partial charge in [0.15, 0.2) is 5.69 Å². The Morgan fingerprint density at radius 2 is 1.96 bits per heavy atom. The predicted molar refractivity (Wildman–Crippen MR) is 96.2 cm³/mol. The Labute approximate surface area is 144 Å². The highest BCUT2D eigenvalue weighted by Gasteiger charge is 2.25. The summed E-state index contributed by atoms with van der Waals surface area (Å²) in [6.07, 6.45) is 0. The Hall–Kier alpha value is -3.13. The number of carbonyl (C=O) groups is 1. The number of carboxylic acids is 1. The maximum atomic E-state index is 12.9. The lowest BCUT2D eigenvalue weighted by molar-refractivity contribution is 0.0687. The molecule has 7 nitrogen and oxygen atoms in total. The number of nitrogens with one attached hydrogen (secondary N) is 1. The van der Waals surface area contributed by atoms with Crippen molar-refractivity contribution >= 4 is 39.1 Å². The lowest BCUT2D eigenvalue weighted by atomic mass is 10.1. The van der Waals surface area contributed by atoms with Crippen LogP contribution in [0.25, 0.3) is 27.5 Å². The molecule has 25 heavy (non-hydrogen) atoms. The molecule has 0 unspecified atom stereocenters. The Balaban J connectivity index is 2.27. The monoisotopic (exact) mass is 355 g/mol. The minimum absolute atomic E-state index is 0.0908. The third-order valence-corrected chi connectivity index (χ3v) is 5.04. The largest absolute Gasteiger partial charge is 0.477 e. The van der Waals surface area contributed by atoms with E-state index in [4.69, 9.17) is 0 Å². The van der Waals surface area contributed by atoms with Gasteiger partial charge in [-0.3, -0.25) is 4.79 Å². The second kappa shape index (κ2) is 5.18. The minimum Gasteiger partial charge on any atom is -0.477 e. The first-order valence-corrected chi connectivity index (χ1v) is 8.38. The second-order valence-electron chi connectivity index (χ2n) is 5.85. The molecule has 0 fully saturated rings. The molecule has 3 aromatic heterocycles. The van der Waals surface area contributed by atoms with Gasteiger partial charge in [0.1, 0.15) is 0 Å². The summed E-state index contributed by atoms with van der Waals surface area (Å²) in [5, 5.41) is 13.9. The standard InChI is InChI=1S/C17H13N3O4S/c1-8-3-4-12-9(5-8)13(14(16(22)23)19(12)2)20-15(21)10-6-25-7-11(10)18-17(20)24/h3-7H,1-2H3,(H,18,24)(H,22,23). The van der Waals surface area contributed by atoms with E-state index in [0.29, 0.717) is 21.8 Å². The number of thiophene rings is 1. The van der Waals surface area contributed by atoms with Crippen LogP contribution >= 0.6 is 11.3 Å². The molecule has 0 spiro atoms. The molecule has 1 aromatic carbocycles. The normalized spacial score (nSPS) is 11.4. The fourth-order valence-electron chi connectivity index (χ4n) is 3.16. The zero-order valence-electron chi connectivity index (χ0n) is 13.4. The number of benzene rings is 1. The van der Waals surface area contributed by atoms with Crippen LogP contribution in [0.2, 0.25) is 0 Å². The zero-order valence-corrected chi connectivity index (χ0v) is 14.2. The fraction of sp³-hybridized carbons (Fsp3) is 0.118. The highest BCUT2D eigenvalue weighted by Crippen LogP contribution is 2.28. The maximum absolute atomic E-state index is 12.9. The van der Waals surface area contributed by atoms with Gasteiger partial charge in [-0.1, -0.05) is 11.6 Å². The number of hydrogen-bond acceptors (Lipinski definition) is 4. The molecule has 0 aliphatic heterocycles. The second-order valence-corrected chi connectivity index (χ2v) is 6.60. The van der Waals surface area contributed by atoms with Crippen molar-refractivity contribution in [1.29, 1.82) is 0 Å². The molecule has 4 rings (SSSR count). The lowest BCUT2D eigenvalue weighted by Gasteiger charge is -2.06. The Bertz CT molecular complexity index is 1290. The number of aryl methyl sites for hydroxylation is 2.